The fraction of sp³-hybridized carbons (Fsp3) is 0.350. The first-order valence-electron chi connectivity index (χ1n) is 8.45. The van der Waals surface area contributed by atoms with Crippen LogP contribution in [0.3, 0.4) is 0 Å². The van der Waals surface area contributed by atoms with Crippen LogP contribution in [0, 0.1) is 18.7 Å². The van der Waals surface area contributed by atoms with Crippen molar-refractivity contribution in [1.29, 1.82) is 0 Å². The van der Waals surface area contributed by atoms with Gasteiger partial charge in [0.1, 0.15) is 18.2 Å². The van der Waals surface area contributed by atoms with Gasteiger partial charge in [0.2, 0.25) is 5.91 Å². The number of nitrogens with one attached hydrogen (secondary N) is 1. The summed E-state index contributed by atoms with van der Waals surface area (Å²) in [7, 11) is 0. The lowest BCUT2D eigenvalue weighted by Gasteiger charge is -2.19. The Morgan fingerprint density at radius 1 is 1.27 bits per heavy atom. The Kier molecular flexibility index (Phi) is 8.55. The number of carbonyl (C=O) groups excluding carboxylic acids is 1. The highest BCUT2D eigenvalue weighted by atomic mass is 35.5. The molecule has 0 fully saturated rings. The molecule has 2 aromatic rings. The second kappa shape index (κ2) is 10.1. The van der Waals surface area contributed by atoms with Gasteiger partial charge in [-0.25, -0.2) is 4.39 Å². The molecule has 0 saturated heterocycles. The van der Waals surface area contributed by atoms with E-state index in [1.54, 1.807) is 24.3 Å². The molecule has 142 valence electrons. The maximum absolute atomic E-state index is 13.2. The first kappa shape index (κ1) is 21.9. The minimum absolute atomic E-state index is 0. The van der Waals surface area contributed by atoms with Gasteiger partial charge in [0.05, 0.1) is 6.04 Å². The minimum atomic E-state index is -0.534. The summed E-state index contributed by atoms with van der Waals surface area (Å²) in [6.07, 6.45) is 0.848. The second-order valence-electron chi connectivity index (χ2n) is 6.30. The molecule has 2 aromatic carbocycles. The third kappa shape index (κ3) is 6.00. The predicted molar refractivity (Wildman–Crippen MR) is 105 cm³/mol. The van der Waals surface area contributed by atoms with Crippen LogP contribution in [-0.4, -0.2) is 11.9 Å². The van der Waals surface area contributed by atoms with Crippen LogP contribution < -0.4 is 15.8 Å². The van der Waals surface area contributed by atoms with E-state index < -0.39 is 6.04 Å². The van der Waals surface area contributed by atoms with Crippen LogP contribution in [0.4, 0.5) is 10.1 Å². The topological polar surface area (TPSA) is 64.4 Å². The maximum Gasteiger partial charge on any atom is 0.241 e. The van der Waals surface area contributed by atoms with Crippen LogP contribution in [0.1, 0.15) is 31.4 Å². The molecule has 0 bridgehead atoms. The summed E-state index contributed by atoms with van der Waals surface area (Å²) in [4.78, 5) is 12.2. The summed E-state index contributed by atoms with van der Waals surface area (Å²) in [5, 5.41) is 2.86. The molecule has 0 spiro atoms. The van der Waals surface area contributed by atoms with Gasteiger partial charge in [0.15, 0.2) is 0 Å². The minimum Gasteiger partial charge on any atom is -0.489 e. The van der Waals surface area contributed by atoms with Gasteiger partial charge in [-0.05, 0) is 54.3 Å². The molecular weight excluding hydrogens is 355 g/mol. The van der Waals surface area contributed by atoms with Gasteiger partial charge in [0, 0.05) is 5.69 Å². The summed E-state index contributed by atoms with van der Waals surface area (Å²) in [6, 6.07) is 11.2. The molecule has 2 atom stereocenters. The van der Waals surface area contributed by atoms with Crippen molar-refractivity contribution in [2.45, 2.75) is 39.8 Å². The van der Waals surface area contributed by atoms with Crippen molar-refractivity contribution in [2.24, 2.45) is 11.7 Å². The maximum atomic E-state index is 13.2. The summed E-state index contributed by atoms with van der Waals surface area (Å²) < 4.78 is 18.9. The van der Waals surface area contributed by atoms with E-state index in [4.69, 9.17) is 10.5 Å². The molecule has 0 aromatic heterocycles. The Morgan fingerprint density at radius 3 is 2.62 bits per heavy atom. The van der Waals surface area contributed by atoms with Gasteiger partial charge >= 0.3 is 0 Å². The monoisotopic (exact) mass is 380 g/mol. The quantitative estimate of drug-likeness (QED) is 0.746. The van der Waals surface area contributed by atoms with Crippen molar-refractivity contribution in [3.05, 3.63) is 59.4 Å². The number of halogens is 2. The molecule has 26 heavy (non-hydrogen) atoms. The lowest BCUT2D eigenvalue weighted by atomic mass is 9.99. The number of hydrogen-bond donors (Lipinski definition) is 2. The van der Waals surface area contributed by atoms with E-state index in [1.807, 2.05) is 26.8 Å². The molecule has 0 aliphatic carbocycles. The number of rotatable bonds is 7. The number of aryl methyl sites for hydroxylation is 1. The molecular formula is C20H26ClFN2O2. The van der Waals surface area contributed by atoms with Gasteiger partial charge in [-0.1, -0.05) is 32.4 Å². The van der Waals surface area contributed by atoms with Crippen molar-refractivity contribution < 1.29 is 13.9 Å². The molecule has 2 rings (SSSR count). The largest absolute Gasteiger partial charge is 0.489 e. The second-order valence-corrected chi connectivity index (χ2v) is 6.30. The number of amides is 1. The Hall–Kier alpha value is -2.11. The third-order valence-corrected chi connectivity index (χ3v) is 4.31. The summed E-state index contributed by atoms with van der Waals surface area (Å²) >= 11 is 0. The molecule has 3 N–H and O–H groups in total. The van der Waals surface area contributed by atoms with E-state index in [0.717, 1.165) is 17.5 Å². The molecule has 1 amide bonds. The molecule has 6 heteroatoms. The number of ether oxygens (including phenoxy) is 1. The van der Waals surface area contributed by atoms with E-state index in [9.17, 15) is 9.18 Å². The van der Waals surface area contributed by atoms with Crippen LogP contribution in [0.2, 0.25) is 0 Å². The molecule has 0 saturated carbocycles. The van der Waals surface area contributed by atoms with Crippen molar-refractivity contribution in [2.75, 3.05) is 5.32 Å². The lowest BCUT2D eigenvalue weighted by molar-refractivity contribution is -0.118. The average molecular weight is 381 g/mol. The first-order chi connectivity index (χ1) is 11.9. The Labute approximate surface area is 160 Å². The molecule has 0 heterocycles. The third-order valence-electron chi connectivity index (χ3n) is 4.31. The van der Waals surface area contributed by atoms with Crippen LogP contribution >= 0.6 is 12.4 Å². The van der Waals surface area contributed by atoms with Gasteiger partial charge in [-0.3, -0.25) is 4.79 Å². The van der Waals surface area contributed by atoms with Crippen LogP contribution in [0.5, 0.6) is 5.75 Å². The molecule has 4 nitrogen and oxygen atoms in total. The van der Waals surface area contributed by atoms with E-state index in [-0.39, 0.29) is 36.7 Å². The van der Waals surface area contributed by atoms with E-state index >= 15 is 0 Å². The Bertz CT molecular complexity index is 740. The van der Waals surface area contributed by atoms with Gasteiger partial charge < -0.3 is 15.8 Å². The van der Waals surface area contributed by atoms with Crippen molar-refractivity contribution in [3.63, 3.8) is 0 Å². The zero-order valence-corrected chi connectivity index (χ0v) is 16.1. The number of hydrogen-bond acceptors (Lipinski definition) is 3. The zero-order valence-electron chi connectivity index (χ0n) is 15.3. The normalized spacial score (nSPS) is 12.7. The average Bonchev–Trinajstić information content (AvgIpc) is 2.60. The molecule has 0 aliphatic rings. The fourth-order valence-electron chi connectivity index (χ4n) is 2.39. The van der Waals surface area contributed by atoms with Crippen LogP contribution in [-0.2, 0) is 11.4 Å². The predicted octanol–water partition coefficient (Wildman–Crippen LogP) is 4.45. The summed E-state index contributed by atoms with van der Waals surface area (Å²) in [6.45, 7) is 6.13. The summed E-state index contributed by atoms with van der Waals surface area (Å²) in [5.41, 5.74) is 8.30. The highest BCUT2D eigenvalue weighted by molar-refractivity contribution is 5.95. The Morgan fingerprint density at radius 2 is 2.00 bits per heavy atom. The fourth-order valence-corrected chi connectivity index (χ4v) is 2.39. The molecule has 2 unspecified atom stereocenters. The highest BCUT2D eigenvalue weighted by Crippen LogP contribution is 2.23. The highest BCUT2D eigenvalue weighted by Gasteiger charge is 2.19. The SMILES string of the molecule is CCC(C)C(N)C(=O)Nc1ccc(OCc2cccc(F)c2)cc1C.Cl. The lowest BCUT2D eigenvalue weighted by Crippen LogP contribution is -2.40. The number of benzene rings is 2. The Balaban J connectivity index is 0.00000338. The van der Waals surface area contributed by atoms with E-state index in [1.165, 1.54) is 12.1 Å². The van der Waals surface area contributed by atoms with Gasteiger partial charge in [-0.15, -0.1) is 12.4 Å². The molecule has 0 aliphatic heterocycles. The number of carbonyl (C=O) groups is 1. The number of anilines is 1. The smallest absolute Gasteiger partial charge is 0.241 e. The zero-order chi connectivity index (χ0) is 18.4. The van der Waals surface area contributed by atoms with Crippen molar-refractivity contribution in [1.82, 2.24) is 0 Å². The first-order valence-corrected chi connectivity index (χ1v) is 8.45. The number of nitrogens with two attached hydrogens (primary N) is 1. The van der Waals surface area contributed by atoms with Crippen LogP contribution in [0.25, 0.3) is 0 Å². The van der Waals surface area contributed by atoms with Crippen molar-refractivity contribution >= 4 is 24.0 Å². The van der Waals surface area contributed by atoms with Crippen LogP contribution in [0.15, 0.2) is 42.5 Å². The standard InChI is InChI=1S/C20H25FN2O2.ClH/c1-4-13(2)19(22)20(24)23-18-9-8-17(10-14(18)3)25-12-15-6-5-7-16(21)11-15;/h5-11,13,19H,4,12,22H2,1-3H3,(H,23,24);1H. The van der Waals surface area contributed by atoms with E-state index in [2.05, 4.69) is 5.32 Å². The molecule has 0 radical (unpaired) electrons. The van der Waals surface area contributed by atoms with Gasteiger partial charge in [-0.2, -0.15) is 0 Å². The van der Waals surface area contributed by atoms with Crippen molar-refractivity contribution in [3.8, 4) is 5.75 Å². The summed E-state index contributed by atoms with van der Waals surface area (Å²) in [5.74, 6) is 0.305. The van der Waals surface area contributed by atoms with E-state index in [0.29, 0.717) is 11.4 Å². The van der Waals surface area contributed by atoms with Gasteiger partial charge in [0.25, 0.3) is 0 Å².